The molecule has 0 saturated heterocycles. The fourth-order valence-corrected chi connectivity index (χ4v) is 3.61. The van der Waals surface area contributed by atoms with Gasteiger partial charge in [0, 0.05) is 19.7 Å². The Bertz CT molecular complexity index is 412. The normalized spacial score (nSPS) is 26.2. The number of hydrogen-bond acceptors (Lipinski definition) is 2. The summed E-state index contributed by atoms with van der Waals surface area (Å²) in [6, 6.07) is 9.46. The second kappa shape index (κ2) is 7.95. The Morgan fingerprint density at radius 2 is 1.81 bits per heavy atom. The molecule has 0 amide bonds. The summed E-state index contributed by atoms with van der Waals surface area (Å²) < 4.78 is 5.16. The van der Waals surface area contributed by atoms with E-state index in [9.17, 15) is 0 Å². The largest absolute Gasteiger partial charge is 0.380 e. The first-order valence-electron chi connectivity index (χ1n) is 8.40. The summed E-state index contributed by atoms with van der Waals surface area (Å²) >= 11 is 0. The Kier molecular flexibility index (Phi) is 6.25. The summed E-state index contributed by atoms with van der Waals surface area (Å²) in [5.41, 5.74) is 2.61. The predicted octanol–water partition coefficient (Wildman–Crippen LogP) is 4.38. The van der Waals surface area contributed by atoms with Gasteiger partial charge in [-0.05, 0) is 41.7 Å². The molecule has 1 aromatic carbocycles. The standard InChI is InChI=1S/C19H31NO/c1-14(2)18-10-5-15(3)11-19(18)20-12-16-6-8-17(9-7-16)13-21-4/h6-9,14-15,18-20H,5,10-13H2,1-4H3. The minimum absolute atomic E-state index is 0.674. The molecule has 2 nitrogen and oxygen atoms in total. The zero-order valence-corrected chi connectivity index (χ0v) is 14.1. The summed E-state index contributed by atoms with van der Waals surface area (Å²) in [4.78, 5) is 0. The molecule has 3 atom stereocenters. The van der Waals surface area contributed by atoms with Crippen LogP contribution in [0.4, 0.5) is 0 Å². The van der Waals surface area contributed by atoms with Crippen molar-refractivity contribution in [3.63, 3.8) is 0 Å². The molecule has 2 heteroatoms. The SMILES string of the molecule is COCc1ccc(CNC2CC(C)CCC2C(C)C)cc1. The maximum Gasteiger partial charge on any atom is 0.0713 e. The highest BCUT2D eigenvalue weighted by Gasteiger charge is 2.30. The molecular formula is C19H31NO. The molecule has 0 aromatic heterocycles. The minimum Gasteiger partial charge on any atom is -0.380 e. The van der Waals surface area contributed by atoms with E-state index in [4.69, 9.17) is 4.74 Å². The van der Waals surface area contributed by atoms with E-state index in [0.29, 0.717) is 12.6 Å². The van der Waals surface area contributed by atoms with Crippen molar-refractivity contribution >= 4 is 0 Å². The molecule has 0 aliphatic heterocycles. The van der Waals surface area contributed by atoms with E-state index in [1.54, 1.807) is 7.11 Å². The quantitative estimate of drug-likeness (QED) is 0.839. The molecule has 2 rings (SSSR count). The maximum absolute atomic E-state index is 5.16. The van der Waals surface area contributed by atoms with Crippen LogP contribution in [0, 0.1) is 17.8 Å². The van der Waals surface area contributed by atoms with Crippen molar-refractivity contribution in [2.75, 3.05) is 7.11 Å². The Hall–Kier alpha value is -0.860. The van der Waals surface area contributed by atoms with Gasteiger partial charge in [-0.3, -0.25) is 0 Å². The first-order chi connectivity index (χ1) is 10.1. The fraction of sp³-hybridized carbons (Fsp3) is 0.684. The third-order valence-electron chi connectivity index (χ3n) is 4.92. The molecule has 0 spiro atoms. The summed E-state index contributed by atoms with van der Waals surface area (Å²) in [6.45, 7) is 8.81. The number of nitrogens with one attached hydrogen (secondary N) is 1. The van der Waals surface area contributed by atoms with Crippen molar-refractivity contribution < 1.29 is 4.74 Å². The van der Waals surface area contributed by atoms with Crippen LogP contribution < -0.4 is 5.32 Å². The molecule has 0 bridgehead atoms. The average Bonchev–Trinajstić information content (AvgIpc) is 2.46. The van der Waals surface area contributed by atoms with Crippen molar-refractivity contribution in [2.24, 2.45) is 17.8 Å². The van der Waals surface area contributed by atoms with Gasteiger partial charge in [0.15, 0.2) is 0 Å². The fourth-order valence-electron chi connectivity index (χ4n) is 3.61. The first kappa shape index (κ1) is 16.5. The van der Waals surface area contributed by atoms with Gasteiger partial charge in [0.25, 0.3) is 0 Å². The topological polar surface area (TPSA) is 21.3 Å². The van der Waals surface area contributed by atoms with E-state index < -0.39 is 0 Å². The maximum atomic E-state index is 5.16. The Labute approximate surface area is 130 Å². The highest BCUT2D eigenvalue weighted by Crippen LogP contribution is 2.33. The zero-order valence-electron chi connectivity index (χ0n) is 14.1. The third kappa shape index (κ3) is 4.82. The summed E-state index contributed by atoms with van der Waals surface area (Å²) in [6.07, 6.45) is 4.10. The second-order valence-corrected chi connectivity index (χ2v) is 7.06. The lowest BCUT2D eigenvalue weighted by molar-refractivity contribution is 0.169. The van der Waals surface area contributed by atoms with Crippen LogP contribution in [-0.2, 0) is 17.9 Å². The molecule has 0 heterocycles. The molecule has 1 fully saturated rings. The number of methoxy groups -OCH3 is 1. The Balaban J connectivity index is 1.90. The minimum atomic E-state index is 0.674. The van der Waals surface area contributed by atoms with Gasteiger partial charge >= 0.3 is 0 Å². The van der Waals surface area contributed by atoms with Crippen LogP contribution in [0.2, 0.25) is 0 Å². The van der Waals surface area contributed by atoms with E-state index in [0.717, 1.165) is 24.3 Å². The van der Waals surface area contributed by atoms with Crippen LogP contribution in [-0.4, -0.2) is 13.2 Å². The van der Waals surface area contributed by atoms with E-state index in [1.165, 1.54) is 30.4 Å². The molecule has 1 saturated carbocycles. The number of hydrogen-bond donors (Lipinski definition) is 1. The molecule has 1 N–H and O–H groups in total. The Morgan fingerprint density at radius 1 is 1.14 bits per heavy atom. The molecule has 21 heavy (non-hydrogen) atoms. The van der Waals surface area contributed by atoms with E-state index >= 15 is 0 Å². The second-order valence-electron chi connectivity index (χ2n) is 7.06. The van der Waals surface area contributed by atoms with Gasteiger partial charge in [-0.15, -0.1) is 0 Å². The average molecular weight is 289 g/mol. The van der Waals surface area contributed by atoms with Crippen LogP contribution >= 0.6 is 0 Å². The summed E-state index contributed by atoms with van der Waals surface area (Å²) in [5.74, 6) is 2.47. The molecule has 0 radical (unpaired) electrons. The highest BCUT2D eigenvalue weighted by molar-refractivity contribution is 5.22. The van der Waals surface area contributed by atoms with E-state index in [2.05, 4.69) is 50.4 Å². The number of benzene rings is 1. The first-order valence-corrected chi connectivity index (χ1v) is 8.40. The van der Waals surface area contributed by atoms with Gasteiger partial charge < -0.3 is 10.1 Å². The Morgan fingerprint density at radius 3 is 2.43 bits per heavy atom. The number of rotatable bonds is 6. The molecular weight excluding hydrogens is 258 g/mol. The van der Waals surface area contributed by atoms with Gasteiger partial charge in [0.2, 0.25) is 0 Å². The van der Waals surface area contributed by atoms with Gasteiger partial charge in [0.05, 0.1) is 6.61 Å². The summed E-state index contributed by atoms with van der Waals surface area (Å²) in [5, 5.41) is 3.82. The number of ether oxygens (including phenoxy) is 1. The van der Waals surface area contributed by atoms with Crippen molar-refractivity contribution in [2.45, 2.75) is 59.2 Å². The summed E-state index contributed by atoms with van der Waals surface area (Å²) in [7, 11) is 1.74. The van der Waals surface area contributed by atoms with Crippen LogP contribution in [0.15, 0.2) is 24.3 Å². The van der Waals surface area contributed by atoms with Crippen LogP contribution in [0.5, 0.6) is 0 Å². The van der Waals surface area contributed by atoms with Crippen molar-refractivity contribution in [3.8, 4) is 0 Å². The molecule has 3 unspecified atom stereocenters. The monoisotopic (exact) mass is 289 g/mol. The third-order valence-corrected chi connectivity index (χ3v) is 4.92. The smallest absolute Gasteiger partial charge is 0.0713 e. The van der Waals surface area contributed by atoms with E-state index in [1.807, 2.05) is 0 Å². The molecule has 1 aliphatic rings. The van der Waals surface area contributed by atoms with Gasteiger partial charge in [-0.1, -0.05) is 51.5 Å². The van der Waals surface area contributed by atoms with Gasteiger partial charge in [-0.2, -0.15) is 0 Å². The van der Waals surface area contributed by atoms with Crippen molar-refractivity contribution in [3.05, 3.63) is 35.4 Å². The molecule has 1 aliphatic carbocycles. The molecule has 1 aromatic rings. The van der Waals surface area contributed by atoms with Gasteiger partial charge in [-0.25, -0.2) is 0 Å². The van der Waals surface area contributed by atoms with Crippen LogP contribution in [0.1, 0.15) is 51.2 Å². The lowest BCUT2D eigenvalue weighted by atomic mass is 9.74. The highest BCUT2D eigenvalue weighted by atomic mass is 16.5. The van der Waals surface area contributed by atoms with Gasteiger partial charge in [0.1, 0.15) is 0 Å². The lowest BCUT2D eigenvalue weighted by Crippen LogP contribution is -2.42. The van der Waals surface area contributed by atoms with Crippen LogP contribution in [0.3, 0.4) is 0 Å². The lowest BCUT2D eigenvalue weighted by Gasteiger charge is -2.38. The van der Waals surface area contributed by atoms with E-state index in [-0.39, 0.29) is 0 Å². The predicted molar refractivity (Wildman–Crippen MR) is 89.1 cm³/mol. The molecule has 118 valence electrons. The van der Waals surface area contributed by atoms with Crippen molar-refractivity contribution in [1.82, 2.24) is 5.32 Å². The van der Waals surface area contributed by atoms with Crippen molar-refractivity contribution in [1.29, 1.82) is 0 Å². The van der Waals surface area contributed by atoms with Crippen LogP contribution in [0.25, 0.3) is 0 Å². The zero-order chi connectivity index (χ0) is 15.2.